The van der Waals surface area contributed by atoms with Crippen LogP contribution in [0.4, 0.5) is 9.59 Å². The molecule has 2 saturated heterocycles. The first-order valence-electron chi connectivity index (χ1n) is 8.39. The smallest absolute Gasteiger partial charge is 0.410 e. The van der Waals surface area contributed by atoms with Crippen molar-refractivity contribution in [2.45, 2.75) is 39.2 Å². The summed E-state index contributed by atoms with van der Waals surface area (Å²) in [6.45, 7) is 8.42. The highest BCUT2D eigenvalue weighted by molar-refractivity contribution is 5.76. The summed E-state index contributed by atoms with van der Waals surface area (Å²) in [5, 5.41) is 8.85. The molecule has 1 atom stereocenters. The van der Waals surface area contributed by atoms with Crippen molar-refractivity contribution in [3.05, 3.63) is 0 Å². The fraction of sp³-hybridized carbons (Fsp3) is 0.812. The Kier molecular flexibility index (Phi) is 5.56. The Morgan fingerprint density at radius 2 is 1.58 bits per heavy atom. The van der Waals surface area contributed by atoms with Crippen LogP contribution in [-0.2, 0) is 9.53 Å². The Morgan fingerprint density at radius 3 is 2.12 bits per heavy atom. The number of ether oxygens (including phenoxy) is 1. The van der Waals surface area contributed by atoms with Gasteiger partial charge in [-0.15, -0.1) is 0 Å². The molecule has 8 heteroatoms. The number of hydrogen-bond acceptors (Lipinski definition) is 4. The Bertz CT molecular complexity index is 494. The molecule has 2 heterocycles. The average molecular weight is 341 g/mol. The molecule has 2 fully saturated rings. The van der Waals surface area contributed by atoms with Crippen LogP contribution in [0.5, 0.6) is 0 Å². The number of aliphatic carboxylic acids is 1. The molecular formula is C16H27N3O5. The SMILES string of the molecule is CC(C)(C)OC(=O)N1CCN(C(=O)N2CC[C@@H](CC(=O)O)C2)CC1. The van der Waals surface area contributed by atoms with Gasteiger partial charge in [-0.25, -0.2) is 9.59 Å². The van der Waals surface area contributed by atoms with E-state index < -0.39 is 11.6 Å². The standard InChI is InChI=1S/C16H27N3O5/c1-16(2,3)24-15(23)18-8-6-17(7-9-18)14(22)19-5-4-12(11-19)10-13(20)21/h12H,4-11H2,1-3H3,(H,20,21)/t12-/m0/s1. The molecule has 0 radical (unpaired) electrons. The van der Waals surface area contributed by atoms with Crippen molar-refractivity contribution in [3.63, 3.8) is 0 Å². The average Bonchev–Trinajstić information content (AvgIpc) is 2.92. The van der Waals surface area contributed by atoms with E-state index in [0.29, 0.717) is 39.3 Å². The second-order valence-electron chi connectivity index (χ2n) is 7.44. The number of rotatable bonds is 2. The van der Waals surface area contributed by atoms with Gasteiger partial charge in [-0.1, -0.05) is 0 Å². The number of amides is 3. The third-order valence-electron chi connectivity index (χ3n) is 4.22. The molecule has 2 aliphatic rings. The summed E-state index contributed by atoms with van der Waals surface area (Å²) in [6.07, 6.45) is 0.490. The zero-order chi connectivity index (χ0) is 17.9. The van der Waals surface area contributed by atoms with E-state index in [2.05, 4.69) is 0 Å². The van der Waals surface area contributed by atoms with Crippen molar-refractivity contribution in [1.29, 1.82) is 0 Å². The zero-order valence-electron chi connectivity index (χ0n) is 14.7. The molecule has 0 aliphatic carbocycles. The van der Waals surface area contributed by atoms with E-state index in [9.17, 15) is 14.4 Å². The normalized spacial score (nSPS) is 21.8. The Hall–Kier alpha value is -1.99. The molecule has 2 aliphatic heterocycles. The summed E-state index contributed by atoms with van der Waals surface area (Å²) in [6, 6.07) is -0.0632. The summed E-state index contributed by atoms with van der Waals surface area (Å²) in [5.41, 5.74) is -0.529. The zero-order valence-corrected chi connectivity index (χ0v) is 14.7. The Labute approximate surface area is 142 Å². The van der Waals surface area contributed by atoms with Crippen LogP contribution >= 0.6 is 0 Å². The third kappa shape index (κ3) is 5.01. The minimum absolute atomic E-state index is 0.0366. The molecule has 0 bridgehead atoms. The first kappa shape index (κ1) is 18.4. The van der Waals surface area contributed by atoms with Crippen molar-refractivity contribution in [2.24, 2.45) is 5.92 Å². The molecule has 24 heavy (non-hydrogen) atoms. The second-order valence-corrected chi connectivity index (χ2v) is 7.44. The molecule has 0 aromatic rings. The summed E-state index contributed by atoms with van der Waals surface area (Å²) in [5.74, 6) is -0.783. The first-order valence-corrected chi connectivity index (χ1v) is 8.39. The van der Waals surface area contributed by atoms with E-state index in [1.54, 1.807) is 14.7 Å². The van der Waals surface area contributed by atoms with Gasteiger partial charge in [0.25, 0.3) is 0 Å². The van der Waals surface area contributed by atoms with Crippen LogP contribution in [0.3, 0.4) is 0 Å². The highest BCUT2D eigenvalue weighted by atomic mass is 16.6. The van der Waals surface area contributed by atoms with Gasteiger partial charge in [-0.2, -0.15) is 0 Å². The maximum atomic E-state index is 12.5. The summed E-state index contributed by atoms with van der Waals surface area (Å²) < 4.78 is 5.34. The lowest BCUT2D eigenvalue weighted by molar-refractivity contribution is -0.138. The largest absolute Gasteiger partial charge is 0.481 e. The lowest BCUT2D eigenvalue weighted by Gasteiger charge is -2.37. The van der Waals surface area contributed by atoms with Crippen LogP contribution in [0.2, 0.25) is 0 Å². The van der Waals surface area contributed by atoms with Gasteiger partial charge < -0.3 is 24.5 Å². The van der Waals surface area contributed by atoms with Gasteiger partial charge in [0.05, 0.1) is 0 Å². The molecule has 0 aromatic heterocycles. The number of piperazine rings is 1. The molecule has 0 aromatic carbocycles. The molecule has 8 nitrogen and oxygen atoms in total. The predicted molar refractivity (Wildman–Crippen MR) is 86.7 cm³/mol. The van der Waals surface area contributed by atoms with Gasteiger partial charge >= 0.3 is 18.1 Å². The van der Waals surface area contributed by atoms with E-state index in [0.717, 1.165) is 6.42 Å². The number of carbonyl (C=O) groups is 3. The van der Waals surface area contributed by atoms with Crippen LogP contribution in [0.25, 0.3) is 0 Å². The van der Waals surface area contributed by atoms with Crippen molar-refractivity contribution in [1.82, 2.24) is 14.7 Å². The lowest BCUT2D eigenvalue weighted by atomic mass is 10.1. The number of carboxylic acids is 1. The molecule has 1 N–H and O–H groups in total. The van der Waals surface area contributed by atoms with Crippen LogP contribution in [0, 0.1) is 5.92 Å². The molecule has 0 spiro atoms. The monoisotopic (exact) mass is 341 g/mol. The van der Waals surface area contributed by atoms with Gasteiger partial charge in [0.15, 0.2) is 0 Å². The van der Waals surface area contributed by atoms with E-state index in [4.69, 9.17) is 9.84 Å². The van der Waals surface area contributed by atoms with Crippen LogP contribution in [0.1, 0.15) is 33.6 Å². The summed E-state index contributed by atoms with van der Waals surface area (Å²) >= 11 is 0. The quantitative estimate of drug-likeness (QED) is 0.821. The minimum atomic E-state index is -0.819. The number of carboxylic acid groups (broad SMARTS) is 1. The molecule has 2 rings (SSSR count). The summed E-state index contributed by atoms with van der Waals surface area (Å²) in [7, 11) is 0. The topological polar surface area (TPSA) is 90.4 Å². The van der Waals surface area contributed by atoms with Gasteiger partial charge in [-0.05, 0) is 33.1 Å². The van der Waals surface area contributed by atoms with Crippen molar-refractivity contribution in [2.75, 3.05) is 39.3 Å². The maximum Gasteiger partial charge on any atom is 0.410 e. The second kappa shape index (κ2) is 7.27. The highest BCUT2D eigenvalue weighted by Gasteiger charge is 2.33. The minimum Gasteiger partial charge on any atom is -0.481 e. The number of urea groups is 1. The van der Waals surface area contributed by atoms with Gasteiger partial charge in [0.2, 0.25) is 0 Å². The molecule has 3 amide bonds. The number of likely N-dealkylation sites (tertiary alicyclic amines) is 1. The van der Waals surface area contributed by atoms with Gasteiger partial charge in [0, 0.05) is 45.7 Å². The van der Waals surface area contributed by atoms with Crippen LogP contribution in [0.15, 0.2) is 0 Å². The fourth-order valence-electron chi connectivity index (χ4n) is 3.03. The highest BCUT2D eigenvalue weighted by Crippen LogP contribution is 2.21. The maximum absolute atomic E-state index is 12.5. The van der Waals surface area contributed by atoms with E-state index in [-0.39, 0.29) is 24.5 Å². The van der Waals surface area contributed by atoms with Crippen molar-refractivity contribution >= 4 is 18.1 Å². The van der Waals surface area contributed by atoms with Crippen LogP contribution in [-0.4, -0.2) is 82.8 Å². The van der Waals surface area contributed by atoms with Gasteiger partial charge in [0.1, 0.15) is 5.60 Å². The molecule has 0 unspecified atom stereocenters. The molecule has 0 saturated carbocycles. The van der Waals surface area contributed by atoms with Crippen LogP contribution < -0.4 is 0 Å². The number of carbonyl (C=O) groups excluding carboxylic acids is 2. The van der Waals surface area contributed by atoms with E-state index in [1.807, 2.05) is 20.8 Å². The number of nitrogens with zero attached hydrogens (tertiary/aromatic N) is 3. The van der Waals surface area contributed by atoms with E-state index in [1.165, 1.54) is 0 Å². The Balaban J connectivity index is 1.79. The first-order chi connectivity index (χ1) is 11.2. The van der Waals surface area contributed by atoms with Crippen molar-refractivity contribution in [3.8, 4) is 0 Å². The molecular weight excluding hydrogens is 314 g/mol. The van der Waals surface area contributed by atoms with E-state index >= 15 is 0 Å². The Morgan fingerprint density at radius 1 is 1.00 bits per heavy atom. The summed E-state index contributed by atoms with van der Waals surface area (Å²) in [4.78, 5) is 40.4. The fourth-order valence-corrected chi connectivity index (χ4v) is 3.03. The molecule has 136 valence electrons. The third-order valence-corrected chi connectivity index (χ3v) is 4.22. The predicted octanol–water partition coefficient (Wildman–Crippen LogP) is 1.46. The lowest BCUT2D eigenvalue weighted by Crippen LogP contribution is -2.54. The van der Waals surface area contributed by atoms with Gasteiger partial charge in [-0.3, -0.25) is 4.79 Å². The van der Waals surface area contributed by atoms with Crippen molar-refractivity contribution < 1.29 is 24.2 Å². The number of hydrogen-bond donors (Lipinski definition) is 1.